The molecule has 0 radical (unpaired) electrons. The summed E-state index contributed by atoms with van der Waals surface area (Å²) < 4.78 is 5.77. The molecular formula is C19H16Cl2N2O4. The smallest absolute Gasteiger partial charge is 0.276 e. The lowest BCUT2D eigenvalue weighted by Crippen LogP contribution is -2.46. The van der Waals surface area contributed by atoms with Crippen LogP contribution in [0.2, 0.25) is 10.0 Å². The number of imide groups is 1. The number of carbonyl (C=O) groups excluding carboxylic acids is 2. The van der Waals surface area contributed by atoms with Crippen LogP contribution < -0.4 is 5.73 Å². The summed E-state index contributed by atoms with van der Waals surface area (Å²) in [5.74, 6) is -0.292. The minimum atomic E-state index is -0.616. The van der Waals surface area contributed by atoms with Gasteiger partial charge in [0.2, 0.25) is 0 Å². The predicted octanol–water partition coefficient (Wildman–Crippen LogP) is 3.23. The van der Waals surface area contributed by atoms with Gasteiger partial charge in [0, 0.05) is 16.2 Å². The highest BCUT2D eigenvalue weighted by molar-refractivity contribution is 6.35. The summed E-state index contributed by atoms with van der Waals surface area (Å²) in [6, 6.07) is 8.38. The van der Waals surface area contributed by atoms with Crippen LogP contribution in [0.5, 0.6) is 0 Å². The van der Waals surface area contributed by atoms with Crippen LogP contribution in [0.1, 0.15) is 12.7 Å². The number of rotatable bonds is 4. The first-order valence-electron chi connectivity index (χ1n) is 8.04. The number of aliphatic hydroxyl groups excluding tert-OH is 1. The van der Waals surface area contributed by atoms with Gasteiger partial charge in [-0.25, -0.2) is 0 Å². The van der Waals surface area contributed by atoms with Gasteiger partial charge in [0.25, 0.3) is 11.8 Å². The Morgan fingerprint density at radius 3 is 2.63 bits per heavy atom. The van der Waals surface area contributed by atoms with Gasteiger partial charge >= 0.3 is 0 Å². The molecule has 1 aromatic carbocycles. The Bertz CT molecular complexity index is 991. The van der Waals surface area contributed by atoms with Gasteiger partial charge in [0.15, 0.2) is 0 Å². The third kappa shape index (κ3) is 3.64. The van der Waals surface area contributed by atoms with Crippen LogP contribution in [0.4, 0.5) is 0 Å². The molecule has 0 bridgehead atoms. The van der Waals surface area contributed by atoms with Crippen molar-refractivity contribution in [2.24, 2.45) is 5.73 Å². The fourth-order valence-corrected chi connectivity index (χ4v) is 3.11. The molecule has 1 aliphatic heterocycles. The third-order valence-electron chi connectivity index (χ3n) is 4.19. The highest BCUT2D eigenvalue weighted by Crippen LogP contribution is 2.33. The molecule has 0 unspecified atom stereocenters. The summed E-state index contributed by atoms with van der Waals surface area (Å²) in [6.07, 6.45) is 1.50. The number of amides is 2. The number of hydrogen-bond donors (Lipinski definition) is 2. The third-order valence-corrected chi connectivity index (χ3v) is 4.75. The first-order chi connectivity index (χ1) is 12.8. The van der Waals surface area contributed by atoms with Crippen LogP contribution in [-0.2, 0) is 9.59 Å². The van der Waals surface area contributed by atoms with E-state index < -0.39 is 11.8 Å². The minimum absolute atomic E-state index is 0.0426. The van der Waals surface area contributed by atoms with Crippen molar-refractivity contribution in [2.45, 2.75) is 6.92 Å². The lowest BCUT2D eigenvalue weighted by Gasteiger charge is -2.27. The Balaban J connectivity index is 2.01. The molecule has 140 valence electrons. The summed E-state index contributed by atoms with van der Waals surface area (Å²) in [4.78, 5) is 25.7. The highest BCUT2D eigenvalue weighted by Gasteiger charge is 2.33. The quantitative estimate of drug-likeness (QED) is 0.599. The molecule has 0 fully saturated rings. The first kappa shape index (κ1) is 19.2. The zero-order valence-corrected chi connectivity index (χ0v) is 15.8. The summed E-state index contributed by atoms with van der Waals surface area (Å²) in [5.41, 5.74) is 6.99. The molecule has 0 aliphatic carbocycles. The second-order valence-electron chi connectivity index (χ2n) is 5.91. The number of aliphatic hydroxyl groups is 1. The van der Waals surface area contributed by atoms with E-state index in [1.165, 1.54) is 6.08 Å². The van der Waals surface area contributed by atoms with E-state index in [1.54, 1.807) is 37.3 Å². The number of nitrogens with two attached hydrogens (primary N) is 1. The van der Waals surface area contributed by atoms with E-state index in [4.69, 9.17) is 38.5 Å². The van der Waals surface area contributed by atoms with Gasteiger partial charge in [-0.05, 0) is 48.9 Å². The van der Waals surface area contributed by atoms with Crippen LogP contribution in [0.3, 0.4) is 0 Å². The Morgan fingerprint density at radius 1 is 1.19 bits per heavy atom. The van der Waals surface area contributed by atoms with E-state index in [0.717, 1.165) is 4.90 Å². The van der Waals surface area contributed by atoms with Crippen LogP contribution in [0, 0.1) is 0 Å². The molecule has 2 aromatic rings. The van der Waals surface area contributed by atoms with Gasteiger partial charge in [-0.3, -0.25) is 14.5 Å². The van der Waals surface area contributed by atoms with Crippen molar-refractivity contribution in [2.75, 3.05) is 13.2 Å². The summed E-state index contributed by atoms with van der Waals surface area (Å²) >= 11 is 12.2. The Hall–Kier alpha value is -2.54. The lowest BCUT2D eigenvalue weighted by molar-refractivity contribution is -0.141. The van der Waals surface area contributed by atoms with Crippen LogP contribution in [0.25, 0.3) is 17.4 Å². The topological polar surface area (TPSA) is 96.8 Å². The van der Waals surface area contributed by atoms with E-state index in [1.807, 2.05) is 0 Å². The van der Waals surface area contributed by atoms with Gasteiger partial charge in [-0.2, -0.15) is 0 Å². The molecule has 2 amide bonds. The average Bonchev–Trinajstić information content (AvgIpc) is 3.11. The number of furan rings is 1. The molecule has 27 heavy (non-hydrogen) atoms. The van der Waals surface area contributed by atoms with Crippen molar-refractivity contribution in [3.63, 3.8) is 0 Å². The summed E-state index contributed by atoms with van der Waals surface area (Å²) in [5, 5.41) is 10.1. The van der Waals surface area contributed by atoms with Gasteiger partial charge in [-0.1, -0.05) is 23.2 Å². The van der Waals surface area contributed by atoms with Gasteiger partial charge in [0.1, 0.15) is 17.2 Å². The molecule has 8 heteroatoms. The number of hydrogen-bond acceptors (Lipinski definition) is 5. The van der Waals surface area contributed by atoms with E-state index in [0.29, 0.717) is 32.7 Å². The minimum Gasteiger partial charge on any atom is -0.457 e. The molecule has 1 aromatic heterocycles. The molecule has 3 N–H and O–H groups in total. The molecule has 0 spiro atoms. The second kappa shape index (κ2) is 7.60. The van der Waals surface area contributed by atoms with Gasteiger partial charge in [-0.15, -0.1) is 0 Å². The number of nitrogens with zero attached hydrogens (tertiary/aromatic N) is 1. The van der Waals surface area contributed by atoms with Crippen molar-refractivity contribution in [1.82, 2.24) is 4.90 Å². The lowest BCUT2D eigenvalue weighted by atomic mass is 9.98. The van der Waals surface area contributed by atoms with Crippen LogP contribution in [0.15, 0.2) is 51.6 Å². The average molecular weight is 407 g/mol. The molecule has 0 saturated heterocycles. The molecule has 0 saturated carbocycles. The number of benzene rings is 1. The van der Waals surface area contributed by atoms with E-state index in [2.05, 4.69) is 0 Å². The normalized spacial score (nSPS) is 16.6. The first-order valence-corrected chi connectivity index (χ1v) is 8.79. The Labute approximate surface area is 165 Å². The Morgan fingerprint density at radius 2 is 1.93 bits per heavy atom. The summed E-state index contributed by atoms with van der Waals surface area (Å²) in [7, 11) is 0. The predicted molar refractivity (Wildman–Crippen MR) is 103 cm³/mol. The standard InChI is InChI=1S/C19H16Cl2N2O4/c1-10-13(18(25)23(6-7-24)19(26)17(10)22)9-12-3-5-16(27-12)14-8-11(20)2-4-15(14)21/h2-5,8-9,24H,6-7,22H2,1H3/b13-9-. The SMILES string of the molecule is CC1=C(N)C(=O)N(CCO)C(=O)/C1=C\c1ccc(-c2cc(Cl)ccc2Cl)o1. The van der Waals surface area contributed by atoms with Gasteiger partial charge in [0.05, 0.1) is 18.2 Å². The van der Waals surface area contributed by atoms with Gasteiger partial charge < -0.3 is 15.3 Å². The molecular weight excluding hydrogens is 391 g/mol. The fraction of sp³-hybridized carbons (Fsp3) is 0.158. The zero-order chi connectivity index (χ0) is 19.7. The number of β-amino-alcohol motifs (C(OH)–C–C–N with tert-alkyl or cyclic N) is 1. The van der Waals surface area contributed by atoms with Crippen LogP contribution in [-0.4, -0.2) is 35.0 Å². The maximum atomic E-state index is 12.6. The number of carbonyl (C=O) groups is 2. The van der Waals surface area contributed by atoms with Crippen molar-refractivity contribution < 1.29 is 19.1 Å². The molecule has 3 rings (SSSR count). The maximum Gasteiger partial charge on any atom is 0.276 e. The fourth-order valence-electron chi connectivity index (χ4n) is 2.73. The number of halogens is 2. The monoisotopic (exact) mass is 406 g/mol. The molecule has 1 aliphatic rings. The van der Waals surface area contributed by atoms with Crippen molar-refractivity contribution >= 4 is 41.1 Å². The summed E-state index contributed by atoms with van der Waals surface area (Å²) in [6.45, 7) is 1.10. The Kier molecular flexibility index (Phi) is 5.41. The van der Waals surface area contributed by atoms with Crippen molar-refractivity contribution in [3.8, 4) is 11.3 Å². The molecule has 0 atom stereocenters. The molecule has 6 nitrogen and oxygen atoms in total. The van der Waals surface area contributed by atoms with Crippen molar-refractivity contribution in [1.29, 1.82) is 0 Å². The molecule has 2 heterocycles. The maximum absolute atomic E-state index is 12.6. The largest absolute Gasteiger partial charge is 0.457 e. The van der Waals surface area contributed by atoms with E-state index in [9.17, 15) is 9.59 Å². The van der Waals surface area contributed by atoms with E-state index in [-0.39, 0.29) is 24.4 Å². The van der Waals surface area contributed by atoms with E-state index >= 15 is 0 Å². The highest BCUT2D eigenvalue weighted by atomic mass is 35.5. The zero-order valence-electron chi connectivity index (χ0n) is 14.3. The van der Waals surface area contributed by atoms with Crippen molar-refractivity contribution in [3.05, 3.63) is 63.0 Å². The second-order valence-corrected chi connectivity index (χ2v) is 6.75. The van der Waals surface area contributed by atoms with Crippen LogP contribution >= 0.6 is 23.2 Å².